The minimum atomic E-state index is -0.0707. The van der Waals surface area contributed by atoms with Crippen molar-refractivity contribution in [1.29, 1.82) is 0 Å². The van der Waals surface area contributed by atoms with E-state index >= 15 is 0 Å². The number of carbonyl (C=O) groups is 1. The third-order valence-corrected chi connectivity index (χ3v) is 2.12. The smallest absolute Gasteiger partial charge is 0.227 e. The molecule has 14 heavy (non-hydrogen) atoms. The van der Waals surface area contributed by atoms with E-state index in [2.05, 4.69) is 5.32 Å². The van der Waals surface area contributed by atoms with E-state index in [1.165, 1.54) is 0 Å². The number of amides is 1. The molecule has 0 bridgehead atoms. The van der Waals surface area contributed by atoms with E-state index in [4.69, 9.17) is 0 Å². The Kier molecular flexibility index (Phi) is 3.69. The van der Waals surface area contributed by atoms with Crippen LogP contribution in [-0.2, 0) is 4.79 Å². The summed E-state index contributed by atoms with van der Waals surface area (Å²) in [6.07, 6.45) is 0. The summed E-state index contributed by atoms with van der Waals surface area (Å²) >= 11 is 0. The van der Waals surface area contributed by atoms with Gasteiger partial charge in [0.1, 0.15) is 0 Å². The lowest BCUT2D eigenvalue weighted by Crippen LogP contribution is -2.33. The Hall–Kier alpha value is -1.31. The average Bonchev–Trinajstić information content (AvgIpc) is 2.17. The fraction of sp³-hybridized carbons (Fsp3) is 0.417. The summed E-state index contributed by atoms with van der Waals surface area (Å²) in [6, 6.07) is 10.0. The number of hydrogen-bond acceptors (Lipinski definition) is 1. The molecule has 0 saturated carbocycles. The number of carbonyl (C=O) groups excluding carboxylic acids is 1. The van der Waals surface area contributed by atoms with Crippen LogP contribution in [0.5, 0.6) is 0 Å². The Morgan fingerprint density at radius 1 is 1.14 bits per heavy atom. The molecule has 1 aromatic rings. The topological polar surface area (TPSA) is 29.1 Å². The quantitative estimate of drug-likeness (QED) is 0.780. The van der Waals surface area contributed by atoms with Crippen molar-refractivity contribution in [3.8, 4) is 0 Å². The zero-order valence-electron chi connectivity index (χ0n) is 8.95. The minimum Gasteiger partial charge on any atom is -0.353 e. The van der Waals surface area contributed by atoms with Gasteiger partial charge in [-0.25, -0.2) is 0 Å². The van der Waals surface area contributed by atoms with Gasteiger partial charge in [-0.2, -0.15) is 0 Å². The van der Waals surface area contributed by atoms with Crippen molar-refractivity contribution in [1.82, 2.24) is 5.32 Å². The fourth-order valence-corrected chi connectivity index (χ4v) is 1.30. The van der Waals surface area contributed by atoms with Crippen molar-refractivity contribution < 1.29 is 4.79 Å². The number of rotatable bonds is 3. The Morgan fingerprint density at radius 2 is 1.71 bits per heavy atom. The van der Waals surface area contributed by atoms with Crippen molar-refractivity contribution in [2.24, 2.45) is 0 Å². The van der Waals surface area contributed by atoms with Crippen LogP contribution < -0.4 is 5.32 Å². The molecule has 1 amide bonds. The molecule has 0 radical (unpaired) electrons. The molecule has 0 spiro atoms. The molecule has 1 rings (SSSR count). The molecule has 0 aliphatic rings. The SMILES string of the molecule is CC(C)NC(=O)C(C)c1ccccc1. The Bertz CT molecular complexity index is 292. The number of nitrogens with one attached hydrogen (secondary N) is 1. The van der Waals surface area contributed by atoms with Gasteiger partial charge in [0, 0.05) is 6.04 Å². The first-order valence-electron chi connectivity index (χ1n) is 4.96. The van der Waals surface area contributed by atoms with E-state index in [1.807, 2.05) is 51.1 Å². The zero-order valence-corrected chi connectivity index (χ0v) is 8.95. The largest absolute Gasteiger partial charge is 0.353 e. The molecular weight excluding hydrogens is 174 g/mol. The van der Waals surface area contributed by atoms with E-state index in [-0.39, 0.29) is 17.9 Å². The van der Waals surface area contributed by atoms with Crippen LogP contribution in [0, 0.1) is 0 Å². The van der Waals surface area contributed by atoms with Crippen LogP contribution in [0.1, 0.15) is 32.3 Å². The van der Waals surface area contributed by atoms with Crippen LogP contribution in [0.3, 0.4) is 0 Å². The van der Waals surface area contributed by atoms with Crippen LogP contribution in [0.25, 0.3) is 0 Å². The standard InChI is InChI=1S/C12H17NO/c1-9(2)13-12(14)10(3)11-7-5-4-6-8-11/h4-10H,1-3H3,(H,13,14). The van der Waals surface area contributed by atoms with Gasteiger partial charge in [-0.15, -0.1) is 0 Å². The molecule has 76 valence electrons. The van der Waals surface area contributed by atoms with Crippen molar-refractivity contribution >= 4 is 5.91 Å². The molecule has 1 unspecified atom stereocenters. The predicted molar refractivity (Wildman–Crippen MR) is 58.1 cm³/mol. The minimum absolute atomic E-state index is 0.0707. The summed E-state index contributed by atoms with van der Waals surface area (Å²) < 4.78 is 0. The van der Waals surface area contributed by atoms with E-state index in [0.717, 1.165) is 5.56 Å². The summed E-state index contributed by atoms with van der Waals surface area (Å²) in [6.45, 7) is 5.86. The van der Waals surface area contributed by atoms with E-state index in [0.29, 0.717) is 0 Å². The maximum Gasteiger partial charge on any atom is 0.227 e. The lowest BCUT2D eigenvalue weighted by molar-refractivity contribution is -0.122. The van der Waals surface area contributed by atoms with E-state index < -0.39 is 0 Å². The van der Waals surface area contributed by atoms with Gasteiger partial charge in [0.25, 0.3) is 0 Å². The maximum absolute atomic E-state index is 11.6. The van der Waals surface area contributed by atoms with Crippen LogP contribution in [0.15, 0.2) is 30.3 Å². The third-order valence-electron chi connectivity index (χ3n) is 2.12. The van der Waals surface area contributed by atoms with Crippen LogP contribution in [0.4, 0.5) is 0 Å². The van der Waals surface area contributed by atoms with Gasteiger partial charge >= 0.3 is 0 Å². The van der Waals surface area contributed by atoms with Crippen molar-refractivity contribution in [2.75, 3.05) is 0 Å². The first kappa shape index (κ1) is 10.8. The number of benzene rings is 1. The maximum atomic E-state index is 11.6. The van der Waals surface area contributed by atoms with E-state index in [9.17, 15) is 4.79 Å². The molecule has 0 heterocycles. The van der Waals surface area contributed by atoms with Gasteiger partial charge in [0.15, 0.2) is 0 Å². The molecule has 1 atom stereocenters. The second-order valence-electron chi connectivity index (χ2n) is 3.80. The highest BCUT2D eigenvalue weighted by Gasteiger charge is 2.14. The van der Waals surface area contributed by atoms with Crippen molar-refractivity contribution in [3.63, 3.8) is 0 Å². The Morgan fingerprint density at radius 3 is 2.21 bits per heavy atom. The lowest BCUT2D eigenvalue weighted by Gasteiger charge is -2.14. The normalized spacial score (nSPS) is 12.6. The highest BCUT2D eigenvalue weighted by Crippen LogP contribution is 2.14. The first-order chi connectivity index (χ1) is 6.61. The second-order valence-corrected chi connectivity index (χ2v) is 3.80. The van der Waals surface area contributed by atoms with Gasteiger partial charge in [-0.1, -0.05) is 30.3 Å². The van der Waals surface area contributed by atoms with Gasteiger partial charge < -0.3 is 5.32 Å². The summed E-state index contributed by atoms with van der Waals surface area (Å²) in [5.41, 5.74) is 1.06. The Labute approximate surface area is 85.3 Å². The van der Waals surface area contributed by atoms with Crippen LogP contribution in [0.2, 0.25) is 0 Å². The Balaban J connectivity index is 2.66. The van der Waals surface area contributed by atoms with Crippen molar-refractivity contribution in [2.45, 2.75) is 32.7 Å². The highest BCUT2D eigenvalue weighted by molar-refractivity contribution is 5.83. The fourth-order valence-electron chi connectivity index (χ4n) is 1.30. The summed E-state index contributed by atoms with van der Waals surface area (Å²) in [5, 5.41) is 2.90. The predicted octanol–water partition coefficient (Wildman–Crippen LogP) is 2.31. The molecule has 0 aliphatic carbocycles. The van der Waals surface area contributed by atoms with Crippen LogP contribution >= 0.6 is 0 Å². The van der Waals surface area contributed by atoms with Gasteiger partial charge in [-0.05, 0) is 26.3 Å². The summed E-state index contributed by atoms with van der Waals surface area (Å²) in [5.74, 6) is 0.0183. The molecule has 0 fully saturated rings. The molecule has 2 nitrogen and oxygen atoms in total. The summed E-state index contributed by atoms with van der Waals surface area (Å²) in [7, 11) is 0. The number of hydrogen-bond donors (Lipinski definition) is 1. The molecule has 0 aromatic heterocycles. The highest BCUT2D eigenvalue weighted by atomic mass is 16.1. The molecular formula is C12H17NO. The molecule has 1 aromatic carbocycles. The van der Waals surface area contributed by atoms with Crippen LogP contribution in [-0.4, -0.2) is 11.9 Å². The van der Waals surface area contributed by atoms with E-state index in [1.54, 1.807) is 0 Å². The molecule has 2 heteroatoms. The molecule has 1 N–H and O–H groups in total. The molecule has 0 saturated heterocycles. The lowest BCUT2D eigenvalue weighted by atomic mass is 10.0. The second kappa shape index (κ2) is 4.80. The zero-order chi connectivity index (χ0) is 10.6. The monoisotopic (exact) mass is 191 g/mol. The first-order valence-corrected chi connectivity index (χ1v) is 4.96. The van der Waals surface area contributed by atoms with Crippen molar-refractivity contribution in [3.05, 3.63) is 35.9 Å². The van der Waals surface area contributed by atoms with Gasteiger partial charge in [0.2, 0.25) is 5.91 Å². The van der Waals surface area contributed by atoms with Gasteiger partial charge in [-0.3, -0.25) is 4.79 Å². The summed E-state index contributed by atoms with van der Waals surface area (Å²) in [4.78, 5) is 11.6. The average molecular weight is 191 g/mol. The van der Waals surface area contributed by atoms with Gasteiger partial charge in [0.05, 0.1) is 5.92 Å². The molecule has 0 aliphatic heterocycles. The third kappa shape index (κ3) is 2.87.